The maximum absolute atomic E-state index is 12.4. The molecule has 2 rings (SSSR count). The standard InChI is InChI=1S/C17H32N2O/c1-11(15-8-12-5-6-13(15)7-12)19-16(20)14(10-18)9-17(2,3)4/h11-15H,5-10,18H2,1-4H3,(H,19,20). The summed E-state index contributed by atoms with van der Waals surface area (Å²) in [6.07, 6.45) is 6.36. The molecule has 0 spiro atoms. The number of nitrogens with one attached hydrogen (secondary N) is 1. The van der Waals surface area contributed by atoms with Crippen LogP contribution in [0.4, 0.5) is 0 Å². The fraction of sp³-hybridized carbons (Fsp3) is 0.941. The van der Waals surface area contributed by atoms with Crippen molar-refractivity contribution in [3.05, 3.63) is 0 Å². The molecule has 2 aliphatic rings. The van der Waals surface area contributed by atoms with Crippen molar-refractivity contribution < 1.29 is 4.79 Å². The second-order valence-electron chi connectivity index (χ2n) is 8.33. The Morgan fingerprint density at radius 2 is 2.00 bits per heavy atom. The van der Waals surface area contributed by atoms with E-state index in [1.807, 2.05) is 0 Å². The maximum Gasteiger partial charge on any atom is 0.224 e. The zero-order valence-electron chi connectivity index (χ0n) is 13.6. The van der Waals surface area contributed by atoms with Crippen LogP contribution in [0.15, 0.2) is 0 Å². The minimum Gasteiger partial charge on any atom is -0.353 e. The van der Waals surface area contributed by atoms with Gasteiger partial charge in [-0.05, 0) is 55.8 Å². The lowest BCUT2D eigenvalue weighted by Crippen LogP contribution is -2.45. The second kappa shape index (κ2) is 6.05. The summed E-state index contributed by atoms with van der Waals surface area (Å²) >= 11 is 0. The number of hydrogen-bond donors (Lipinski definition) is 2. The van der Waals surface area contributed by atoms with Crippen molar-refractivity contribution >= 4 is 5.91 Å². The smallest absolute Gasteiger partial charge is 0.224 e. The summed E-state index contributed by atoms with van der Waals surface area (Å²) in [7, 11) is 0. The van der Waals surface area contributed by atoms with Crippen molar-refractivity contribution in [2.45, 2.75) is 65.8 Å². The molecule has 0 heterocycles. The van der Waals surface area contributed by atoms with E-state index < -0.39 is 0 Å². The fourth-order valence-corrected chi connectivity index (χ4v) is 4.38. The van der Waals surface area contributed by atoms with Gasteiger partial charge in [0.2, 0.25) is 5.91 Å². The summed E-state index contributed by atoms with van der Waals surface area (Å²) < 4.78 is 0. The highest BCUT2D eigenvalue weighted by Crippen LogP contribution is 2.49. The number of carbonyl (C=O) groups excluding carboxylic acids is 1. The Kier molecular flexibility index (Phi) is 4.78. The van der Waals surface area contributed by atoms with Gasteiger partial charge in [0.25, 0.3) is 0 Å². The summed E-state index contributed by atoms with van der Waals surface area (Å²) in [5, 5.41) is 3.26. The van der Waals surface area contributed by atoms with Crippen molar-refractivity contribution in [2.24, 2.45) is 34.8 Å². The van der Waals surface area contributed by atoms with Gasteiger partial charge in [-0.15, -0.1) is 0 Å². The van der Waals surface area contributed by atoms with Crippen LogP contribution >= 0.6 is 0 Å². The summed E-state index contributed by atoms with van der Waals surface area (Å²) in [6.45, 7) is 9.15. The van der Waals surface area contributed by atoms with Gasteiger partial charge in [-0.2, -0.15) is 0 Å². The molecular formula is C17H32N2O. The topological polar surface area (TPSA) is 55.1 Å². The number of nitrogens with two attached hydrogens (primary N) is 1. The maximum atomic E-state index is 12.4. The molecule has 0 radical (unpaired) electrons. The zero-order chi connectivity index (χ0) is 14.9. The molecular weight excluding hydrogens is 248 g/mol. The third-order valence-electron chi connectivity index (χ3n) is 5.32. The Balaban J connectivity index is 1.86. The predicted molar refractivity (Wildman–Crippen MR) is 83.2 cm³/mol. The summed E-state index contributed by atoms with van der Waals surface area (Å²) in [5.41, 5.74) is 5.96. The Bertz CT molecular complexity index is 347. The average molecular weight is 280 g/mol. The molecule has 1 amide bonds. The largest absolute Gasteiger partial charge is 0.353 e. The zero-order valence-corrected chi connectivity index (χ0v) is 13.6. The van der Waals surface area contributed by atoms with Crippen molar-refractivity contribution in [3.63, 3.8) is 0 Å². The molecule has 2 saturated carbocycles. The summed E-state index contributed by atoms with van der Waals surface area (Å²) in [6, 6.07) is 0.312. The van der Waals surface area contributed by atoms with Gasteiger partial charge in [0.05, 0.1) is 5.92 Å². The van der Waals surface area contributed by atoms with E-state index in [2.05, 4.69) is 33.0 Å². The third kappa shape index (κ3) is 3.75. The van der Waals surface area contributed by atoms with Crippen molar-refractivity contribution in [1.82, 2.24) is 5.32 Å². The Hall–Kier alpha value is -0.570. The first-order chi connectivity index (χ1) is 9.30. The van der Waals surface area contributed by atoms with Gasteiger partial charge < -0.3 is 11.1 Å². The Morgan fingerprint density at radius 3 is 2.45 bits per heavy atom. The van der Waals surface area contributed by atoms with E-state index in [4.69, 9.17) is 5.73 Å². The molecule has 2 fully saturated rings. The highest BCUT2D eigenvalue weighted by molar-refractivity contribution is 5.79. The third-order valence-corrected chi connectivity index (χ3v) is 5.32. The molecule has 2 aliphatic carbocycles. The van der Waals surface area contributed by atoms with Crippen LogP contribution in [0.3, 0.4) is 0 Å². The lowest BCUT2D eigenvalue weighted by molar-refractivity contribution is -0.126. The van der Waals surface area contributed by atoms with E-state index in [1.54, 1.807) is 0 Å². The van der Waals surface area contributed by atoms with E-state index in [0.717, 1.165) is 18.3 Å². The summed E-state index contributed by atoms with van der Waals surface area (Å²) in [5.74, 6) is 2.61. The van der Waals surface area contributed by atoms with Gasteiger partial charge in [-0.25, -0.2) is 0 Å². The number of amides is 1. The molecule has 3 N–H and O–H groups in total. The van der Waals surface area contributed by atoms with Gasteiger partial charge in [0, 0.05) is 12.6 Å². The number of carbonyl (C=O) groups is 1. The van der Waals surface area contributed by atoms with E-state index in [1.165, 1.54) is 25.7 Å². The van der Waals surface area contributed by atoms with Gasteiger partial charge >= 0.3 is 0 Å². The minimum absolute atomic E-state index is 0.0453. The molecule has 0 aromatic carbocycles. The highest BCUT2D eigenvalue weighted by atomic mass is 16.1. The van der Waals surface area contributed by atoms with Crippen molar-refractivity contribution in [2.75, 3.05) is 6.54 Å². The van der Waals surface area contributed by atoms with E-state index in [-0.39, 0.29) is 17.2 Å². The lowest BCUT2D eigenvalue weighted by Gasteiger charge is -2.31. The van der Waals surface area contributed by atoms with Crippen LogP contribution in [-0.2, 0) is 4.79 Å². The van der Waals surface area contributed by atoms with Crippen LogP contribution in [0.5, 0.6) is 0 Å². The molecule has 0 saturated heterocycles. The Morgan fingerprint density at radius 1 is 1.30 bits per heavy atom. The second-order valence-corrected chi connectivity index (χ2v) is 8.33. The van der Waals surface area contributed by atoms with Crippen molar-refractivity contribution in [1.29, 1.82) is 0 Å². The van der Waals surface area contributed by atoms with E-state index in [9.17, 15) is 4.79 Å². The van der Waals surface area contributed by atoms with Crippen molar-refractivity contribution in [3.8, 4) is 0 Å². The molecule has 5 unspecified atom stereocenters. The number of hydrogen-bond acceptors (Lipinski definition) is 2. The molecule has 0 aromatic heterocycles. The van der Waals surface area contributed by atoms with Crippen LogP contribution < -0.4 is 11.1 Å². The van der Waals surface area contributed by atoms with Crippen LogP contribution in [0.2, 0.25) is 0 Å². The number of rotatable bonds is 5. The van der Waals surface area contributed by atoms with Crippen LogP contribution in [0.1, 0.15) is 59.8 Å². The molecule has 20 heavy (non-hydrogen) atoms. The molecule has 3 heteroatoms. The van der Waals surface area contributed by atoms with Crippen LogP contribution in [0, 0.1) is 29.1 Å². The van der Waals surface area contributed by atoms with Gasteiger partial charge in [0.15, 0.2) is 0 Å². The van der Waals surface area contributed by atoms with Gasteiger partial charge in [-0.3, -0.25) is 4.79 Å². The molecule has 2 bridgehead atoms. The molecule has 116 valence electrons. The monoisotopic (exact) mass is 280 g/mol. The SMILES string of the molecule is CC(NC(=O)C(CN)CC(C)(C)C)C1CC2CCC1C2. The van der Waals surface area contributed by atoms with Crippen LogP contribution in [-0.4, -0.2) is 18.5 Å². The quantitative estimate of drug-likeness (QED) is 0.813. The van der Waals surface area contributed by atoms with Gasteiger partial charge in [0.1, 0.15) is 0 Å². The van der Waals surface area contributed by atoms with Crippen LogP contribution in [0.25, 0.3) is 0 Å². The predicted octanol–water partition coefficient (Wildman–Crippen LogP) is 2.94. The first-order valence-electron chi connectivity index (χ1n) is 8.30. The molecule has 0 aliphatic heterocycles. The first-order valence-corrected chi connectivity index (χ1v) is 8.30. The number of fused-ring (bicyclic) bond motifs is 2. The molecule has 5 atom stereocenters. The lowest BCUT2D eigenvalue weighted by atomic mass is 9.82. The summed E-state index contributed by atoms with van der Waals surface area (Å²) in [4.78, 5) is 12.4. The highest BCUT2D eigenvalue weighted by Gasteiger charge is 2.42. The molecule has 0 aromatic rings. The fourth-order valence-electron chi connectivity index (χ4n) is 4.38. The normalized spacial score (nSPS) is 32.1. The molecule has 3 nitrogen and oxygen atoms in total. The van der Waals surface area contributed by atoms with E-state index in [0.29, 0.717) is 18.5 Å². The van der Waals surface area contributed by atoms with E-state index >= 15 is 0 Å². The van der Waals surface area contributed by atoms with Gasteiger partial charge in [-0.1, -0.05) is 27.2 Å². The Labute approximate surface area is 124 Å². The average Bonchev–Trinajstić information content (AvgIpc) is 2.96. The first kappa shape index (κ1) is 15.8. The minimum atomic E-state index is -0.0453.